The Balaban J connectivity index is 1.40. The first-order valence-electron chi connectivity index (χ1n) is 9.77. The number of ether oxygens (including phenoxy) is 1. The molecule has 9 heteroatoms. The zero-order valence-corrected chi connectivity index (χ0v) is 17.0. The molecule has 2 aromatic heterocycles. The molecule has 28 heavy (non-hydrogen) atoms. The van der Waals surface area contributed by atoms with Crippen molar-refractivity contribution in [2.45, 2.75) is 25.3 Å². The molecule has 0 aliphatic carbocycles. The number of carbonyl (C=O) groups is 1. The van der Waals surface area contributed by atoms with Gasteiger partial charge in [-0.05, 0) is 36.7 Å². The first-order chi connectivity index (χ1) is 13.6. The summed E-state index contributed by atoms with van der Waals surface area (Å²) in [6.45, 7) is 5.67. The molecule has 0 bridgehead atoms. The van der Waals surface area contributed by atoms with Crippen LogP contribution in [0.25, 0.3) is 0 Å². The van der Waals surface area contributed by atoms with Crippen molar-refractivity contribution in [2.75, 3.05) is 39.4 Å². The molecule has 150 valence electrons. The second-order valence-electron chi connectivity index (χ2n) is 7.48. The highest BCUT2D eigenvalue weighted by Crippen LogP contribution is 2.26. The largest absolute Gasteiger partial charge is 0.379 e. The second kappa shape index (κ2) is 8.50. The van der Waals surface area contributed by atoms with Crippen LogP contribution in [-0.4, -0.2) is 74.8 Å². The highest BCUT2D eigenvalue weighted by atomic mass is 32.1. The van der Waals surface area contributed by atoms with E-state index in [0.717, 1.165) is 63.6 Å². The third-order valence-corrected chi connectivity index (χ3v) is 5.91. The Morgan fingerprint density at radius 2 is 2.14 bits per heavy atom. The third kappa shape index (κ3) is 4.16. The van der Waals surface area contributed by atoms with Gasteiger partial charge >= 0.3 is 0 Å². The van der Waals surface area contributed by atoms with Crippen molar-refractivity contribution in [3.05, 3.63) is 40.2 Å². The van der Waals surface area contributed by atoms with E-state index >= 15 is 0 Å². The Hall–Kier alpha value is -2.10. The topological polar surface area (TPSA) is 79.3 Å². The lowest BCUT2D eigenvalue weighted by Crippen LogP contribution is -2.40. The van der Waals surface area contributed by atoms with E-state index in [1.165, 1.54) is 0 Å². The van der Waals surface area contributed by atoms with Gasteiger partial charge in [-0.2, -0.15) is 5.10 Å². The fraction of sp³-hybridized carbons (Fsp3) is 0.579. The lowest BCUT2D eigenvalue weighted by atomic mass is 9.97. The van der Waals surface area contributed by atoms with E-state index < -0.39 is 0 Å². The van der Waals surface area contributed by atoms with E-state index in [4.69, 9.17) is 17.0 Å². The smallest absolute Gasteiger partial charge is 0.272 e. The molecule has 2 aliphatic heterocycles. The summed E-state index contributed by atoms with van der Waals surface area (Å²) in [5, 5.41) is 7.19. The van der Waals surface area contributed by atoms with Gasteiger partial charge in [-0.1, -0.05) is 6.07 Å². The molecule has 0 saturated carbocycles. The molecular formula is C19H26N6O2S. The Kier molecular flexibility index (Phi) is 5.84. The number of piperidine rings is 1. The summed E-state index contributed by atoms with van der Waals surface area (Å²) in [7, 11) is 1.91. The summed E-state index contributed by atoms with van der Waals surface area (Å²) in [6.07, 6.45) is 3.77. The van der Waals surface area contributed by atoms with E-state index in [9.17, 15) is 4.79 Å². The highest BCUT2D eigenvalue weighted by Gasteiger charge is 2.28. The molecule has 1 N–H and O–H groups in total. The van der Waals surface area contributed by atoms with Crippen molar-refractivity contribution in [2.24, 2.45) is 7.05 Å². The van der Waals surface area contributed by atoms with Crippen LogP contribution >= 0.6 is 12.2 Å². The van der Waals surface area contributed by atoms with Crippen LogP contribution in [0.1, 0.15) is 40.6 Å². The van der Waals surface area contributed by atoms with Gasteiger partial charge in [-0.25, -0.2) is 0 Å². The summed E-state index contributed by atoms with van der Waals surface area (Å²) in [5.41, 5.74) is 1.62. The first kappa shape index (κ1) is 19.2. The highest BCUT2D eigenvalue weighted by molar-refractivity contribution is 7.71. The van der Waals surface area contributed by atoms with Gasteiger partial charge in [0.15, 0.2) is 4.77 Å². The molecule has 0 spiro atoms. The van der Waals surface area contributed by atoms with Crippen LogP contribution in [-0.2, 0) is 18.3 Å². The second-order valence-corrected chi connectivity index (χ2v) is 7.86. The van der Waals surface area contributed by atoms with E-state index in [0.29, 0.717) is 17.0 Å². The zero-order valence-electron chi connectivity index (χ0n) is 16.1. The number of aromatic nitrogens is 4. The van der Waals surface area contributed by atoms with Crippen molar-refractivity contribution >= 4 is 18.1 Å². The number of aromatic amines is 1. The predicted octanol–water partition coefficient (Wildman–Crippen LogP) is 1.72. The van der Waals surface area contributed by atoms with Crippen LogP contribution in [0.15, 0.2) is 18.3 Å². The molecule has 0 aromatic carbocycles. The minimum Gasteiger partial charge on any atom is -0.379 e. The molecule has 8 nitrogen and oxygen atoms in total. The minimum atomic E-state index is -0.0144. The Bertz CT molecular complexity index is 871. The summed E-state index contributed by atoms with van der Waals surface area (Å²) in [6, 6.07) is 3.85. The van der Waals surface area contributed by atoms with Crippen LogP contribution in [0.2, 0.25) is 0 Å². The van der Waals surface area contributed by atoms with Crippen molar-refractivity contribution in [1.82, 2.24) is 29.5 Å². The first-order valence-corrected chi connectivity index (χ1v) is 10.2. The summed E-state index contributed by atoms with van der Waals surface area (Å²) < 4.78 is 7.89. The molecule has 4 heterocycles. The number of pyridine rings is 1. The Morgan fingerprint density at radius 3 is 2.82 bits per heavy atom. The summed E-state index contributed by atoms with van der Waals surface area (Å²) in [5.74, 6) is 1.09. The van der Waals surface area contributed by atoms with Crippen molar-refractivity contribution < 1.29 is 9.53 Å². The number of hydrogen-bond donors (Lipinski definition) is 1. The van der Waals surface area contributed by atoms with Crippen molar-refractivity contribution in [3.63, 3.8) is 0 Å². The number of hydrogen-bond acceptors (Lipinski definition) is 6. The number of rotatable bonds is 4. The average Bonchev–Trinajstić information content (AvgIpc) is 3.07. The molecule has 1 atom stereocenters. The average molecular weight is 403 g/mol. The van der Waals surface area contributed by atoms with Gasteiger partial charge in [0, 0.05) is 51.9 Å². The lowest BCUT2D eigenvalue weighted by molar-refractivity contribution is 0.0341. The van der Waals surface area contributed by atoms with Gasteiger partial charge in [-0.3, -0.25) is 19.8 Å². The number of nitrogens with zero attached hydrogens (tertiary/aromatic N) is 5. The van der Waals surface area contributed by atoms with E-state index in [-0.39, 0.29) is 11.8 Å². The number of amides is 1. The molecule has 2 aromatic rings. The molecule has 1 amide bonds. The zero-order chi connectivity index (χ0) is 19.5. The van der Waals surface area contributed by atoms with Gasteiger partial charge in [0.05, 0.1) is 13.2 Å². The number of nitrogens with one attached hydrogen (secondary N) is 1. The fourth-order valence-corrected chi connectivity index (χ4v) is 4.06. The summed E-state index contributed by atoms with van der Waals surface area (Å²) in [4.78, 5) is 21.6. The SMILES string of the molecule is Cn1c([C@@H]2CCCN(C(=O)c3ccc(CN4CCOCC4)cn3)C2)n[nH]c1=S. The molecule has 0 radical (unpaired) electrons. The van der Waals surface area contributed by atoms with Crippen LogP contribution in [0.4, 0.5) is 0 Å². The molecule has 0 unspecified atom stereocenters. The number of likely N-dealkylation sites (tertiary alicyclic amines) is 1. The van der Waals surface area contributed by atoms with Crippen LogP contribution in [0, 0.1) is 4.77 Å². The van der Waals surface area contributed by atoms with E-state index in [1.807, 2.05) is 34.8 Å². The van der Waals surface area contributed by atoms with E-state index in [1.54, 1.807) is 0 Å². The lowest BCUT2D eigenvalue weighted by Gasteiger charge is -2.32. The maximum absolute atomic E-state index is 12.9. The monoisotopic (exact) mass is 402 g/mol. The van der Waals surface area contributed by atoms with Crippen LogP contribution in [0.5, 0.6) is 0 Å². The number of carbonyl (C=O) groups excluding carboxylic acids is 1. The normalized spacial score (nSPS) is 21.0. The maximum Gasteiger partial charge on any atom is 0.272 e. The van der Waals surface area contributed by atoms with Gasteiger partial charge in [-0.15, -0.1) is 0 Å². The summed E-state index contributed by atoms with van der Waals surface area (Å²) >= 11 is 5.22. The van der Waals surface area contributed by atoms with Crippen molar-refractivity contribution in [3.8, 4) is 0 Å². The maximum atomic E-state index is 12.9. The third-order valence-electron chi connectivity index (χ3n) is 5.54. The molecule has 2 aliphatic rings. The van der Waals surface area contributed by atoms with Gasteiger partial charge in [0.25, 0.3) is 5.91 Å². The molecule has 2 fully saturated rings. The van der Waals surface area contributed by atoms with E-state index in [2.05, 4.69) is 20.1 Å². The standard InChI is InChI=1S/C19H26N6O2S/c1-23-17(21-22-19(23)28)15-3-2-6-25(13-15)18(26)16-5-4-14(11-20-16)12-24-7-9-27-10-8-24/h4-5,11,15H,2-3,6-10,12-13H2,1H3,(H,22,28)/t15-/m1/s1. The number of morpholine rings is 1. The Morgan fingerprint density at radius 1 is 1.32 bits per heavy atom. The molecule has 2 saturated heterocycles. The van der Waals surface area contributed by atoms with Gasteiger partial charge < -0.3 is 14.2 Å². The van der Waals surface area contributed by atoms with Crippen LogP contribution < -0.4 is 0 Å². The van der Waals surface area contributed by atoms with Crippen LogP contribution in [0.3, 0.4) is 0 Å². The Labute approximate surface area is 169 Å². The van der Waals surface area contributed by atoms with Crippen molar-refractivity contribution in [1.29, 1.82) is 0 Å². The minimum absolute atomic E-state index is 0.0144. The molecule has 4 rings (SSSR count). The fourth-order valence-electron chi connectivity index (χ4n) is 3.92. The predicted molar refractivity (Wildman–Crippen MR) is 107 cm³/mol. The van der Waals surface area contributed by atoms with Gasteiger partial charge in [0.1, 0.15) is 11.5 Å². The number of H-pyrrole nitrogens is 1. The van der Waals surface area contributed by atoms with Gasteiger partial charge in [0.2, 0.25) is 0 Å². The molecular weight excluding hydrogens is 376 g/mol. The quantitative estimate of drug-likeness (QED) is 0.785.